The van der Waals surface area contributed by atoms with Gasteiger partial charge in [-0.3, -0.25) is 0 Å². The van der Waals surface area contributed by atoms with E-state index in [0.29, 0.717) is 25.1 Å². The van der Waals surface area contributed by atoms with Crippen molar-refractivity contribution >= 4 is 11.7 Å². The average molecular weight is 241 g/mol. The van der Waals surface area contributed by atoms with Crippen LogP contribution < -0.4 is 5.32 Å². The largest absolute Gasteiger partial charge is 0.478 e. The monoisotopic (exact) mass is 241 g/mol. The van der Waals surface area contributed by atoms with Gasteiger partial charge in [0.1, 0.15) is 5.82 Å². The first-order chi connectivity index (χ1) is 8.00. The van der Waals surface area contributed by atoms with E-state index in [-0.39, 0.29) is 11.7 Å². The van der Waals surface area contributed by atoms with E-state index in [1.165, 1.54) is 12.1 Å². The van der Waals surface area contributed by atoms with Gasteiger partial charge in [0, 0.05) is 12.2 Å². The maximum atomic E-state index is 12.9. The average Bonchev–Trinajstić information content (AvgIpc) is 2.25. The lowest BCUT2D eigenvalue weighted by atomic mass is 10.1. The fourth-order valence-corrected chi connectivity index (χ4v) is 1.47. The molecule has 0 saturated heterocycles. The Morgan fingerprint density at radius 3 is 2.82 bits per heavy atom. The lowest BCUT2D eigenvalue weighted by molar-refractivity contribution is 0.0697. The molecule has 0 fully saturated rings. The number of benzene rings is 1. The summed E-state index contributed by atoms with van der Waals surface area (Å²) in [4.78, 5) is 10.9. The minimum atomic E-state index is -1.16. The van der Waals surface area contributed by atoms with Crippen molar-refractivity contribution in [2.45, 2.75) is 25.9 Å². The van der Waals surface area contributed by atoms with E-state index in [4.69, 9.17) is 10.2 Å². The molecule has 1 unspecified atom stereocenters. The van der Waals surface area contributed by atoms with Gasteiger partial charge in [-0.2, -0.15) is 0 Å². The SMILES string of the molecule is CC(O)CCCNc1ccc(F)cc1C(=O)O. The summed E-state index contributed by atoms with van der Waals surface area (Å²) in [6.07, 6.45) is 0.981. The molecule has 0 spiro atoms. The van der Waals surface area contributed by atoms with Crippen LogP contribution in [0.15, 0.2) is 18.2 Å². The van der Waals surface area contributed by atoms with Crippen molar-refractivity contribution in [1.82, 2.24) is 0 Å². The highest BCUT2D eigenvalue weighted by atomic mass is 19.1. The quantitative estimate of drug-likeness (QED) is 0.667. The number of carbonyl (C=O) groups is 1. The Hall–Kier alpha value is -1.62. The zero-order chi connectivity index (χ0) is 12.8. The normalized spacial score (nSPS) is 12.2. The van der Waals surface area contributed by atoms with Crippen molar-refractivity contribution in [2.75, 3.05) is 11.9 Å². The van der Waals surface area contributed by atoms with Crippen molar-refractivity contribution < 1.29 is 19.4 Å². The number of carboxylic acids is 1. The van der Waals surface area contributed by atoms with Gasteiger partial charge in [0.25, 0.3) is 0 Å². The molecule has 0 saturated carbocycles. The molecule has 0 radical (unpaired) electrons. The molecule has 0 aliphatic carbocycles. The molecule has 94 valence electrons. The van der Waals surface area contributed by atoms with Crippen molar-refractivity contribution in [3.05, 3.63) is 29.6 Å². The van der Waals surface area contributed by atoms with Crippen molar-refractivity contribution in [3.63, 3.8) is 0 Å². The van der Waals surface area contributed by atoms with Gasteiger partial charge in [-0.25, -0.2) is 9.18 Å². The number of nitrogens with one attached hydrogen (secondary N) is 1. The summed E-state index contributed by atoms with van der Waals surface area (Å²) >= 11 is 0. The Kier molecular flexibility index (Phi) is 4.90. The van der Waals surface area contributed by atoms with Crippen LogP contribution in [0.4, 0.5) is 10.1 Å². The number of aromatic carboxylic acids is 1. The van der Waals surface area contributed by atoms with Gasteiger partial charge >= 0.3 is 5.97 Å². The van der Waals surface area contributed by atoms with Crippen LogP contribution in [-0.2, 0) is 0 Å². The first kappa shape index (κ1) is 13.4. The number of anilines is 1. The molecule has 1 aromatic rings. The van der Waals surface area contributed by atoms with Crippen LogP contribution in [0, 0.1) is 5.82 Å². The van der Waals surface area contributed by atoms with Gasteiger partial charge in [0.15, 0.2) is 0 Å². The zero-order valence-electron chi connectivity index (χ0n) is 9.61. The summed E-state index contributed by atoms with van der Waals surface area (Å²) in [5, 5.41) is 20.9. The first-order valence-electron chi connectivity index (χ1n) is 5.45. The van der Waals surface area contributed by atoms with Crippen molar-refractivity contribution in [1.29, 1.82) is 0 Å². The summed E-state index contributed by atoms with van der Waals surface area (Å²) in [5.74, 6) is -1.74. The van der Waals surface area contributed by atoms with Crippen LogP contribution in [0.3, 0.4) is 0 Å². The number of rotatable bonds is 6. The topological polar surface area (TPSA) is 69.6 Å². The Bertz CT molecular complexity index is 393. The predicted octanol–water partition coefficient (Wildman–Crippen LogP) is 2.10. The minimum Gasteiger partial charge on any atom is -0.478 e. The Morgan fingerprint density at radius 2 is 2.24 bits per heavy atom. The second-order valence-electron chi connectivity index (χ2n) is 3.91. The van der Waals surface area contributed by atoms with Crippen LogP contribution in [0.5, 0.6) is 0 Å². The maximum absolute atomic E-state index is 12.9. The molecular weight excluding hydrogens is 225 g/mol. The Labute approximate surface area is 99.1 Å². The van der Waals surface area contributed by atoms with Gasteiger partial charge < -0.3 is 15.5 Å². The molecule has 3 N–H and O–H groups in total. The molecule has 0 aliphatic heterocycles. The van der Waals surface area contributed by atoms with E-state index >= 15 is 0 Å². The molecule has 0 aliphatic rings. The van der Waals surface area contributed by atoms with Crippen LogP contribution in [0.1, 0.15) is 30.1 Å². The van der Waals surface area contributed by atoms with E-state index in [1.807, 2.05) is 0 Å². The van der Waals surface area contributed by atoms with Gasteiger partial charge in [-0.1, -0.05) is 0 Å². The van der Waals surface area contributed by atoms with Gasteiger partial charge in [0.2, 0.25) is 0 Å². The number of hydrogen-bond donors (Lipinski definition) is 3. The smallest absolute Gasteiger partial charge is 0.337 e. The second-order valence-corrected chi connectivity index (χ2v) is 3.91. The Morgan fingerprint density at radius 1 is 1.53 bits per heavy atom. The first-order valence-corrected chi connectivity index (χ1v) is 5.45. The van der Waals surface area contributed by atoms with E-state index in [0.717, 1.165) is 6.07 Å². The third-order valence-electron chi connectivity index (χ3n) is 2.33. The zero-order valence-corrected chi connectivity index (χ0v) is 9.61. The molecule has 5 heteroatoms. The van der Waals surface area contributed by atoms with Crippen molar-refractivity contribution in [2.24, 2.45) is 0 Å². The second kappa shape index (κ2) is 6.20. The maximum Gasteiger partial charge on any atom is 0.337 e. The van der Waals surface area contributed by atoms with Crippen LogP contribution in [0.2, 0.25) is 0 Å². The number of aliphatic hydroxyl groups is 1. The van der Waals surface area contributed by atoms with Gasteiger partial charge in [0.05, 0.1) is 11.7 Å². The summed E-state index contributed by atoms with van der Waals surface area (Å²) in [6.45, 7) is 2.23. The summed E-state index contributed by atoms with van der Waals surface area (Å²) in [5.41, 5.74) is 0.312. The van der Waals surface area contributed by atoms with Crippen LogP contribution in [-0.4, -0.2) is 28.8 Å². The van der Waals surface area contributed by atoms with Gasteiger partial charge in [-0.15, -0.1) is 0 Å². The van der Waals surface area contributed by atoms with E-state index in [9.17, 15) is 9.18 Å². The summed E-state index contributed by atoms with van der Waals surface area (Å²) < 4.78 is 12.9. The number of halogens is 1. The van der Waals surface area contributed by atoms with E-state index < -0.39 is 11.8 Å². The molecule has 1 rings (SSSR count). The highest BCUT2D eigenvalue weighted by molar-refractivity contribution is 5.94. The van der Waals surface area contributed by atoms with E-state index in [1.54, 1.807) is 6.92 Å². The molecular formula is C12H16FNO3. The highest BCUT2D eigenvalue weighted by Gasteiger charge is 2.10. The molecule has 0 heterocycles. The fraction of sp³-hybridized carbons (Fsp3) is 0.417. The molecule has 0 amide bonds. The molecule has 0 aromatic heterocycles. The van der Waals surface area contributed by atoms with Gasteiger partial charge in [-0.05, 0) is 38.0 Å². The number of carboxylic acid groups (broad SMARTS) is 1. The number of hydrogen-bond acceptors (Lipinski definition) is 3. The standard InChI is InChI=1S/C12H16FNO3/c1-8(15)3-2-6-14-11-5-4-9(13)7-10(11)12(16)17/h4-5,7-8,14-15H,2-3,6H2,1H3,(H,16,17). The predicted molar refractivity (Wildman–Crippen MR) is 62.8 cm³/mol. The lowest BCUT2D eigenvalue weighted by Gasteiger charge is -2.10. The lowest BCUT2D eigenvalue weighted by Crippen LogP contribution is -2.10. The molecule has 0 bridgehead atoms. The molecule has 17 heavy (non-hydrogen) atoms. The minimum absolute atomic E-state index is 0.0814. The summed E-state index contributed by atoms with van der Waals surface area (Å²) in [7, 11) is 0. The van der Waals surface area contributed by atoms with Crippen molar-refractivity contribution in [3.8, 4) is 0 Å². The summed E-state index contributed by atoms with van der Waals surface area (Å²) in [6, 6.07) is 3.60. The van der Waals surface area contributed by atoms with Crippen LogP contribution >= 0.6 is 0 Å². The fourth-order valence-electron chi connectivity index (χ4n) is 1.47. The number of aliphatic hydroxyl groups excluding tert-OH is 1. The highest BCUT2D eigenvalue weighted by Crippen LogP contribution is 2.17. The molecule has 4 nitrogen and oxygen atoms in total. The molecule has 1 aromatic carbocycles. The Balaban J connectivity index is 2.61. The third-order valence-corrected chi connectivity index (χ3v) is 2.33. The van der Waals surface area contributed by atoms with Crippen LogP contribution in [0.25, 0.3) is 0 Å². The molecule has 1 atom stereocenters. The third kappa shape index (κ3) is 4.40. The van der Waals surface area contributed by atoms with E-state index in [2.05, 4.69) is 5.32 Å².